The van der Waals surface area contributed by atoms with Gasteiger partial charge >= 0.3 is 0 Å². The average Bonchev–Trinajstić information content (AvgIpc) is 2.29. The number of anilines is 1. The Hall–Kier alpha value is -1.45. The van der Waals surface area contributed by atoms with Gasteiger partial charge in [0.2, 0.25) is 0 Å². The summed E-state index contributed by atoms with van der Waals surface area (Å²) >= 11 is 11.7. The minimum absolute atomic E-state index is 0.0389. The molecular weight excluding hydrogens is 276 g/mol. The number of aromatic hydroxyl groups is 1. The van der Waals surface area contributed by atoms with Crippen LogP contribution < -0.4 is 5.32 Å². The van der Waals surface area contributed by atoms with Gasteiger partial charge in [0.1, 0.15) is 11.6 Å². The zero-order valence-electron chi connectivity index (χ0n) is 9.25. The molecule has 2 aromatic carbocycles. The Morgan fingerprint density at radius 1 is 1.06 bits per heavy atom. The van der Waals surface area contributed by atoms with Crippen molar-refractivity contribution in [2.75, 3.05) is 5.32 Å². The van der Waals surface area contributed by atoms with Gasteiger partial charge in [-0.2, -0.15) is 0 Å². The molecule has 0 saturated heterocycles. The molecule has 0 aromatic heterocycles. The van der Waals surface area contributed by atoms with Gasteiger partial charge in [-0.05, 0) is 36.4 Å². The van der Waals surface area contributed by atoms with Gasteiger partial charge in [-0.1, -0.05) is 23.2 Å². The third kappa shape index (κ3) is 3.28. The number of benzene rings is 2. The Morgan fingerprint density at radius 3 is 2.39 bits per heavy atom. The van der Waals surface area contributed by atoms with Crippen LogP contribution in [0.2, 0.25) is 10.0 Å². The third-order valence-electron chi connectivity index (χ3n) is 2.39. The first-order valence-electron chi connectivity index (χ1n) is 5.22. The minimum Gasteiger partial charge on any atom is -0.508 e. The van der Waals surface area contributed by atoms with Crippen molar-refractivity contribution in [2.24, 2.45) is 0 Å². The smallest absolute Gasteiger partial charge is 0.123 e. The maximum atomic E-state index is 13.0. The van der Waals surface area contributed by atoms with Gasteiger partial charge in [-0.25, -0.2) is 4.39 Å². The van der Waals surface area contributed by atoms with E-state index in [4.69, 9.17) is 23.2 Å². The number of hydrogen-bond acceptors (Lipinski definition) is 2. The normalized spacial score (nSPS) is 10.4. The van der Waals surface area contributed by atoms with Crippen LogP contribution >= 0.6 is 23.2 Å². The molecule has 0 heterocycles. The Kier molecular flexibility index (Phi) is 3.94. The lowest BCUT2D eigenvalue weighted by Crippen LogP contribution is -2.00. The average molecular weight is 286 g/mol. The van der Waals surface area contributed by atoms with Gasteiger partial charge in [-0.15, -0.1) is 0 Å². The van der Waals surface area contributed by atoms with Crippen molar-refractivity contribution in [1.82, 2.24) is 0 Å². The molecule has 0 spiro atoms. The maximum Gasteiger partial charge on any atom is 0.123 e. The molecule has 0 bridgehead atoms. The molecule has 0 fully saturated rings. The molecule has 2 rings (SSSR count). The van der Waals surface area contributed by atoms with Crippen LogP contribution in [0.3, 0.4) is 0 Å². The van der Waals surface area contributed by atoms with Gasteiger partial charge in [0, 0.05) is 27.8 Å². The molecule has 5 heteroatoms. The van der Waals surface area contributed by atoms with E-state index in [1.165, 1.54) is 18.2 Å². The van der Waals surface area contributed by atoms with Crippen LogP contribution in [0.25, 0.3) is 0 Å². The summed E-state index contributed by atoms with van der Waals surface area (Å²) in [4.78, 5) is 0. The summed E-state index contributed by atoms with van der Waals surface area (Å²) < 4.78 is 13.0. The highest BCUT2D eigenvalue weighted by molar-refractivity contribution is 6.35. The standard InChI is InChI=1S/C13H10Cl2FNO/c14-9-4-10(15)6-12(5-9)17-7-8-3-11(16)1-2-13(8)18/h1-6,17-18H,7H2. The van der Waals surface area contributed by atoms with E-state index in [0.29, 0.717) is 21.3 Å². The van der Waals surface area contributed by atoms with E-state index in [9.17, 15) is 9.50 Å². The molecule has 0 amide bonds. The Morgan fingerprint density at radius 2 is 1.72 bits per heavy atom. The summed E-state index contributed by atoms with van der Waals surface area (Å²) in [5, 5.41) is 13.6. The fraction of sp³-hybridized carbons (Fsp3) is 0.0769. The van der Waals surface area contributed by atoms with Gasteiger partial charge in [0.25, 0.3) is 0 Å². The molecule has 18 heavy (non-hydrogen) atoms. The monoisotopic (exact) mass is 285 g/mol. The zero-order chi connectivity index (χ0) is 13.1. The van der Waals surface area contributed by atoms with Crippen molar-refractivity contribution in [3.05, 3.63) is 57.8 Å². The minimum atomic E-state index is -0.395. The molecule has 0 atom stereocenters. The summed E-state index contributed by atoms with van der Waals surface area (Å²) in [5.41, 5.74) is 1.17. The van der Waals surface area contributed by atoms with E-state index in [1.807, 2.05) is 0 Å². The van der Waals surface area contributed by atoms with Crippen LogP contribution in [-0.4, -0.2) is 5.11 Å². The molecule has 2 N–H and O–H groups in total. The summed E-state index contributed by atoms with van der Waals surface area (Å²) in [5.74, 6) is -0.356. The van der Waals surface area contributed by atoms with Crippen LogP contribution in [0.5, 0.6) is 5.75 Å². The number of halogens is 3. The predicted molar refractivity (Wildman–Crippen MR) is 71.9 cm³/mol. The van der Waals surface area contributed by atoms with Crippen LogP contribution in [0.4, 0.5) is 10.1 Å². The Balaban J connectivity index is 2.13. The third-order valence-corrected chi connectivity index (χ3v) is 2.82. The Labute approximate surface area is 114 Å². The van der Waals surface area contributed by atoms with E-state index < -0.39 is 5.82 Å². The summed E-state index contributed by atoms with van der Waals surface area (Å²) in [6, 6.07) is 8.81. The fourth-order valence-corrected chi connectivity index (χ4v) is 2.07. The zero-order valence-corrected chi connectivity index (χ0v) is 10.8. The van der Waals surface area contributed by atoms with Gasteiger partial charge in [0.05, 0.1) is 0 Å². The Bertz CT molecular complexity index is 555. The van der Waals surface area contributed by atoms with Crippen LogP contribution in [0, 0.1) is 5.82 Å². The number of nitrogens with one attached hydrogen (secondary N) is 1. The summed E-state index contributed by atoms with van der Waals surface area (Å²) in [7, 11) is 0. The highest BCUT2D eigenvalue weighted by Crippen LogP contribution is 2.24. The number of phenols is 1. The maximum absolute atomic E-state index is 13.0. The summed E-state index contributed by atoms with van der Waals surface area (Å²) in [6.45, 7) is 0.278. The van der Waals surface area contributed by atoms with Crippen molar-refractivity contribution in [3.63, 3.8) is 0 Å². The van der Waals surface area contributed by atoms with Gasteiger partial charge in [0.15, 0.2) is 0 Å². The van der Waals surface area contributed by atoms with Crippen LogP contribution in [0.1, 0.15) is 5.56 Å². The second-order valence-corrected chi connectivity index (χ2v) is 4.66. The molecule has 0 aliphatic heterocycles. The molecule has 94 valence electrons. The van der Waals surface area contributed by atoms with Crippen molar-refractivity contribution >= 4 is 28.9 Å². The van der Waals surface area contributed by atoms with E-state index in [2.05, 4.69) is 5.32 Å². The molecule has 2 aromatic rings. The molecule has 0 radical (unpaired) electrons. The van der Waals surface area contributed by atoms with Crippen molar-refractivity contribution in [3.8, 4) is 5.75 Å². The molecule has 0 aliphatic rings. The number of phenolic OH excluding ortho intramolecular Hbond substituents is 1. The first-order chi connectivity index (χ1) is 8.54. The van der Waals surface area contributed by atoms with Crippen molar-refractivity contribution < 1.29 is 9.50 Å². The van der Waals surface area contributed by atoms with E-state index in [1.54, 1.807) is 18.2 Å². The lowest BCUT2D eigenvalue weighted by Gasteiger charge is -2.09. The SMILES string of the molecule is Oc1ccc(F)cc1CNc1cc(Cl)cc(Cl)c1. The molecule has 0 saturated carbocycles. The van der Waals surface area contributed by atoms with Crippen molar-refractivity contribution in [1.29, 1.82) is 0 Å². The fourth-order valence-electron chi connectivity index (χ4n) is 1.55. The van der Waals surface area contributed by atoms with E-state index in [0.717, 1.165) is 0 Å². The van der Waals surface area contributed by atoms with E-state index in [-0.39, 0.29) is 12.3 Å². The predicted octanol–water partition coefficient (Wildman–Crippen LogP) is 4.45. The second-order valence-electron chi connectivity index (χ2n) is 3.78. The van der Waals surface area contributed by atoms with E-state index >= 15 is 0 Å². The highest BCUT2D eigenvalue weighted by Gasteiger charge is 2.04. The summed E-state index contributed by atoms with van der Waals surface area (Å²) in [6.07, 6.45) is 0. The largest absolute Gasteiger partial charge is 0.508 e. The first-order valence-corrected chi connectivity index (χ1v) is 5.97. The number of rotatable bonds is 3. The van der Waals surface area contributed by atoms with Gasteiger partial charge < -0.3 is 10.4 Å². The lowest BCUT2D eigenvalue weighted by molar-refractivity contribution is 0.466. The molecule has 0 unspecified atom stereocenters. The number of hydrogen-bond donors (Lipinski definition) is 2. The first kappa shape index (κ1) is 13.0. The van der Waals surface area contributed by atoms with Crippen LogP contribution in [-0.2, 0) is 6.54 Å². The van der Waals surface area contributed by atoms with Crippen LogP contribution in [0.15, 0.2) is 36.4 Å². The topological polar surface area (TPSA) is 32.3 Å². The second kappa shape index (κ2) is 5.46. The van der Waals surface area contributed by atoms with Gasteiger partial charge in [-0.3, -0.25) is 0 Å². The molecular formula is C13H10Cl2FNO. The highest BCUT2D eigenvalue weighted by atomic mass is 35.5. The molecule has 2 nitrogen and oxygen atoms in total. The van der Waals surface area contributed by atoms with Crippen molar-refractivity contribution in [2.45, 2.75) is 6.54 Å². The lowest BCUT2D eigenvalue weighted by atomic mass is 10.2. The quantitative estimate of drug-likeness (QED) is 0.873. The molecule has 0 aliphatic carbocycles.